The van der Waals surface area contributed by atoms with Gasteiger partial charge in [0.15, 0.2) is 0 Å². The lowest BCUT2D eigenvalue weighted by Crippen LogP contribution is -1.86. The average Bonchev–Trinajstić information content (AvgIpc) is 2.50. The summed E-state index contributed by atoms with van der Waals surface area (Å²) in [4.78, 5) is 0. The van der Waals surface area contributed by atoms with Crippen molar-refractivity contribution >= 4 is 8.69 Å². The Morgan fingerprint density at radius 3 is 1.24 bits per heavy atom. The molecule has 0 fully saturated rings. The Hall–Kier alpha value is 0.0600. The second-order valence-corrected chi connectivity index (χ2v) is 6.69. The summed E-state index contributed by atoms with van der Waals surface area (Å²) in [5.74, 6) is 0. The molecule has 2 nitrogen and oxygen atoms in total. The van der Waals surface area contributed by atoms with Gasteiger partial charge in [0.25, 0.3) is 0 Å². The van der Waals surface area contributed by atoms with Gasteiger partial charge in [-0.1, -0.05) is 103 Å². The van der Waals surface area contributed by atoms with E-state index in [0.29, 0.717) is 6.61 Å². The maximum Gasteiger partial charge on any atom is 0.494 e. The zero-order valence-corrected chi connectivity index (χ0v) is 15.3. The second kappa shape index (κ2) is 20.1. The third-order valence-electron chi connectivity index (χ3n) is 4.16. The Balaban J connectivity index is 2.91. The van der Waals surface area contributed by atoms with Crippen LogP contribution >= 0.6 is 8.69 Å². The maximum atomic E-state index is 10.1. The topological polar surface area (TPSA) is 26.3 Å². The van der Waals surface area contributed by atoms with Crippen LogP contribution in [0.4, 0.5) is 0 Å². The molecule has 0 aromatic heterocycles. The second-order valence-electron chi connectivity index (χ2n) is 6.24. The Kier molecular flexibility index (Phi) is 20.1. The van der Waals surface area contributed by atoms with Gasteiger partial charge in [-0.2, -0.15) is 0 Å². The molecule has 0 aliphatic rings. The standard InChI is InChI=1S/C18H38O2P/c1-2-3-4-5-6-7-8-9-10-11-12-13-14-15-16-17-18-20-21-19/h21H,2-18H2,1H3/q+1. The number of hydrogen-bond acceptors (Lipinski definition) is 2. The fourth-order valence-electron chi connectivity index (χ4n) is 2.76. The molecule has 0 heterocycles. The van der Waals surface area contributed by atoms with Crippen molar-refractivity contribution in [3.63, 3.8) is 0 Å². The summed E-state index contributed by atoms with van der Waals surface area (Å²) >= 11 is 0. The number of rotatable bonds is 18. The fraction of sp³-hybridized carbons (Fsp3) is 1.00. The molecule has 0 N–H and O–H groups in total. The summed E-state index contributed by atoms with van der Waals surface area (Å²) in [6, 6.07) is 0. The Morgan fingerprint density at radius 2 is 0.905 bits per heavy atom. The van der Waals surface area contributed by atoms with E-state index in [1.165, 1.54) is 96.3 Å². The van der Waals surface area contributed by atoms with Crippen molar-refractivity contribution in [3.05, 3.63) is 0 Å². The summed E-state index contributed by atoms with van der Waals surface area (Å²) in [6.45, 7) is 2.95. The lowest BCUT2D eigenvalue weighted by atomic mass is 10.0. The first-order valence-electron chi connectivity index (χ1n) is 9.40. The minimum atomic E-state index is -0.581. The molecule has 0 aliphatic carbocycles. The fourth-order valence-corrected chi connectivity index (χ4v) is 2.99. The van der Waals surface area contributed by atoms with Crippen molar-refractivity contribution in [1.29, 1.82) is 0 Å². The molecular formula is C18H38O2P+. The van der Waals surface area contributed by atoms with Gasteiger partial charge in [0, 0.05) is 0 Å². The summed E-state index contributed by atoms with van der Waals surface area (Å²) < 4.78 is 14.9. The molecule has 0 aromatic rings. The lowest BCUT2D eigenvalue weighted by molar-refractivity contribution is 0.328. The Labute approximate surface area is 134 Å². The smallest absolute Gasteiger partial charge is 0.148 e. The van der Waals surface area contributed by atoms with E-state index in [1.807, 2.05) is 0 Å². The van der Waals surface area contributed by atoms with Crippen LogP contribution < -0.4 is 0 Å². The molecule has 3 heteroatoms. The minimum absolute atomic E-state index is 0.581. The first-order valence-corrected chi connectivity index (χ1v) is 10.2. The molecule has 0 amide bonds. The summed E-state index contributed by atoms with van der Waals surface area (Å²) in [6.07, 6.45) is 22.1. The van der Waals surface area contributed by atoms with Gasteiger partial charge < -0.3 is 0 Å². The third-order valence-corrected chi connectivity index (χ3v) is 4.48. The van der Waals surface area contributed by atoms with E-state index in [1.54, 1.807) is 0 Å². The first-order chi connectivity index (χ1) is 10.4. The molecule has 0 saturated carbocycles. The van der Waals surface area contributed by atoms with Gasteiger partial charge in [-0.25, -0.2) is 0 Å². The zero-order valence-electron chi connectivity index (χ0n) is 14.3. The van der Waals surface area contributed by atoms with Crippen LogP contribution in [0.1, 0.15) is 110 Å². The average molecular weight is 317 g/mol. The Bertz CT molecular complexity index is 198. The van der Waals surface area contributed by atoms with Crippen molar-refractivity contribution in [2.45, 2.75) is 110 Å². The van der Waals surface area contributed by atoms with Crippen molar-refractivity contribution in [1.82, 2.24) is 0 Å². The third kappa shape index (κ3) is 20.1. The van der Waals surface area contributed by atoms with E-state index >= 15 is 0 Å². The normalized spacial score (nSPS) is 11.3. The van der Waals surface area contributed by atoms with Gasteiger partial charge in [-0.15, -0.1) is 4.52 Å². The predicted octanol–water partition coefficient (Wildman–Crippen LogP) is 7.20. The highest BCUT2D eigenvalue weighted by atomic mass is 31.1. The van der Waals surface area contributed by atoms with Crippen molar-refractivity contribution in [3.8, 4) is 0 Å². The van der Waals surface area contributed by atoms with Crippen molar-refractivity contribution in [2.24, 2.45) is 0 Å². The van der Waals surface area contributed by atoms with Gasteiger partial charge in [0.1, 0.15) is 6.61 Å². The summed E-state index contributed by atoms with van der Waals surface area (Å²) in [7, 11) is -0.581. The molecule has 21 heavy (non-hydrogen) atoms. The van der Waals surface area contributed by atoms with Gasteiger partial charge in [0.05, 0.1) is 0 Å². The van der Waals surface area contributed by atoms with Crippen LogP contribution in [0, 0.1) is 0 Å². The molecule has 0 rings (SSSR count). The van der Waals surface area contributed by atoms with Crippen LogP contribution in [0.15, 0.2) is 0 Å². The minimum Gasteiger partial charge on any atom is -0.148 e. The van der Waals surface area contributed by atoms with Gasteiger partial charge in [-0.05, 0) is 11.0 Å². The van der Waals surface area contributed by atoms with Gasteiger partial charge >= 0.3 is 8.69 Å². The van der Waals surface area contributed by atoms with Crippen LogP contribution in [0.2, 0.25) is 0 Å². The molecule has 0 spiro atoms. The van der Waals surface area contributed by atoms with Crippen LogP contribution in [-0.4, -0.2) is 6.61 Å². The van der Waals surface area contributed by atoms with E-state index < -0.39 is 8.69 Å². The van der Waals surface area contributed by atoms with E-state index in [9.17, 15) is 4.57 Å². The Morgan fingerprint density at radius 1 is 0.571 bits per heavy atom. The number of unbranched alkanes of at least 4 members (excludes halogenated alkanes) is 15. The van der Waals surface area contributed by atoms with Gasteiger partial charge in [-0.3, -0.25) is 0 Å². The van der Waals surface area contributed by atoms with Crippen LogP contribution in [0.5, 0.6) is 0 Å². The van der Waals surface area contributed by atoms with E-state index in [4.69, 9.17) is 4.52 Å². The van der Waals surface area contributed by atoms with Gasteiger partial charge in [0.2, 0.25) is 0 Å². The SMILES string of the molecule is CCCCCCCCCCCCCCCCCCO[PH+]=O. The predicted molar refractivity (Wildman–Crippen MR) is 94.5 cm³/mol. The molecular weight excluding hydrogens is 279 g/mol. The summed E-state index contributed by atoms with van der Waals surface area (Å²) in [5, 5.41) is 0. The summed E-state index contributed by atoms with van der Waals surface area (Å²) in [5.41, 5.74) is 0. The zero-order chi connectivity index (χ0) is 15.4. The molecule has 0 radical (unpaired) electrons. The highest BCUT2D eigenvalue weighted by Crippen LogP contribution is 2.13. The molecule has 126 valence electrons. The molecule has 0 saturated heterocycles. The van der Waals surface area contributed by atoms with Crippen molar-refractivity contribution < 1.29 is 9.09 Å². The number of hydrogen-bond donors (Lipinski definition) is 0. The maximum absolute atomic E-state index is 10.1. The molecule has 0 aliphatic heterocycles. The van der Waals surface area contributed by atoms with E-state index in [-0.39, 0.29) is 0 Å². The molecule has 0 aromatic carbocycles. The lowest BCUT2D eigenvalue weighted by Gasteiger charge is -2.03. The van der Waals surface area contributed by atoms with Crippen LogP contribution in [-0.2, 0) is 9.09 Å². The van der Waals surface area contributed by atoms with Crippen LogP contribution in [0.25, 0.3) is 0 Å². The monoisotopic (exact) mass is 317 g/mol. The van der Waals surface area contributed by atoms with Crippen molar-refractivity contribution in [2.75, 3.05) is 6.61 Å². The quantitative estimate of drug-likeness (QED) is 0.197. The van der Waals surface area contributed by atoms with Crippen LogP contribution in [0.3, 0.4) is 0 Å². The molecule has 1 unspecified atom stereocenters. The largest absolute Gasteiger partial charge is 0.494 e. The highest BCUT2D eigenvalue weighted by Gasteiger charge is 1.95. The van der Waals surface area contributed by atoms with E-state index in [2.05, 4.69) is 6.92 Å². The highest BCUT2D eigenvalue weighted by molar-refractivity contribution is 7.17. The molecule has 1 atom stereocenters. The molecule has 0 bridgehead atoms. The first kappa shape index (κ1) is 21.1. The van der Waals surface area contributed by atoms with E-state index in [0.717, 1.165) is 6.42 Å².